The lowest BCUT2D eigenvalue weighted by Gasteiger charge is -2.36. The van der Waals surface area contributed by atoms with Gasteiger partial charge in [-0.05, 0) is 42.3 Å². The summed E-state index contributed by atoms with van der Waals surface area (Å²) in [5.74, 6) is 0. The molecule has 4 rings (SSSR count). The molecular formula is C20H19Cl2N3O2. The Morgan fingerprint density at radius 3 is 2.81 bits per heavy atom. The Bertz CT molecular complexity index is 1000. The molecule has 0 saturated heterocycles. The number of aromatic amines is 1. The SMILES string of the molecule is NC(CN1CCc2c([nH]c3ccc(Cl)cc23)C1)(OC=O)c1cccc(Cl)c1. The van der Waals surface area contributed by atoms with Crippen molar-refractivity contribution < 1.29 is 9.53 Å². The second-order valence-electron chi connectivity index (χ2n) is 6.85. The van der Waals surface area contributed by atoms with Crippen molar-refractivity contribution in [3.8, 4) is 0 Å². The Labute approximate surface area is 167 Å². The van der Waals surface area contributed by atoms with Crippen LogP contribution in [0.25, 0.3) is 10.9 Å². The van der Waals surface area contributed by atoms with Crippen molar-refractivity contribution in [1.82, 2.24) is 9.88 Å². The second-order valence-corrected chi connectivity index (χ2v) is 7.72. The van der Waals surface area contributed by atoms with Crippen LogP contribution in [-0.2, 0) is 28.2 Å². The van der Waals surface area contributed by atoms with Crippen LogP contribution in [0.4, 0.5) is 0 Å². The van der Waals surface area contributed by atoms with E-state index in [0.29, 0.717) is 30.1 Å². The zero-order chi connectivity index (χ0) is 19.0. The van der Waals surface area contributed by atoms with Crippen LogP contribution in [0.5, 0.6) is 0 Å². The van der Waals surface area contributed by atoms with Gasteiger partial charge in [0.05, 0.1) is 6.54 Å². The fourth-order valence-corrected chi connectivity index (χ4v) is 4.13. The summed E-state index contributed by atoms with van der Waals surface area (Å²) in [7, 11) is 0. The third-order valence-corrected chi connectivity index (χ3v) is 5.52. The molecule has 3 N–H and O–H groups in total. The number of nitrogens with one attached hydrogen (secondary N) is 1. The topological polar surface area (TPSA) is 71.3 Å². The summed E-state index contributed by atoms with van der Waals surface area (Å²) in [6.45, 7) is 2.24. The van der Waals surface area contributed by atoms with E-state index in [0.717, 1.165) is 34.6 Å². The van der Waals surface area contributed by atoms with Gasteiger partial charge in [-0.15, -0.1) is 0 Å². The lowest BCUT2D eigenvalue weighted by atomic mass is 9.99. The maximum atomic E-state index is 11.1. The zero-order valence-corrected chi connectivity index (χ0v) is 16.1. The molecule has 1 aliphatic heterocycles. The van der Waals surface area contributed by atoms with E-state index in [-0.39, 0.29) is 0 Å². The van der Waals surface area contributed by atoms with Gasteiger partial charge in [-0.2, -0.15) is 0 Å². The molecule has 1 aromatic heterocycles. The minimum atomic E-state index is -1.26. The van der Waals surface area contributed by atoms with Crippen LogP contribution < -0.4 is 5.73 Å². The third kappa shape index (κ3) is 3.56. The van der Waals surface area contributed by atoms with Crippen LogP contribution >= 0.6 is 23.2 Å². The number of fused-ring (bicyclic) bond motifs is 3. The van der Waals surface area contributed by atoms with Crippen molar-refractivity contribution >= 4 is 40.6 Å². The lowest BCUT2D eigenvalue weighted by Crippen LogP contribution is -2.50. The van der Waals surface area contributed by atoms with Gasteiger partial charge in [0.2, 0.25) is 0 Å². The standard InChI is InChI=1S/C20H19Cl2N3O2/c21-14-3-1-2-13(8-14)20(23,27-12-26)11-25-7-6-16-17-9-15(22)4-5-18(17)24-19(16)10-25/h1-5,8-9,12,24H,6-7,10-11,23H2. The fraction of sp³-hybridized carbons (Fsp3) is 0.250. The summed E-state index contributed by atoms with van der Waals surface area (Å²) in [4.78, 5) is 16.7. The van der Waals surface area contributed by atoms with Crippen molar-refractivity contribution in [2.75, 3.05) is 13.1 Å². The van der Waals surface area contributed by atoms with Gasteiger partial charge in [-0.25, -0.2) is 0 Å². The van der Waals surface area contributed by atoms with Gasteiger partial charge in [0, 0.05) is 45.3 Å². The van der Waals surface area contributed by atoms with Crippen LogP contribution in [0.3, 0.4) is 0 Å². The number of rotatable bonds is 5. The molecule has 1 aliphatic rings. The highest BCUT2D eigenvalue weighted by molar-refractivity contribution is 6.31. The van der Waals surface area contributed by atoms with Gasteiger partial charge in [0.15, 0.2) is 5.72 Å². The molecule has 5 nitrogen and oxygen atoms in total. The number of halogens is 2. The van der Waals surface area contributed by atoms with E-state index in [1.165, 1.54) is 5.56 Å². The minimum absolute atomic E-state index is 0.363. The predicted molar refractivity (Wildman–Crippen MR) is 107 cm³/mol. The van der Waals surface area contributed by atoms with Gasteiger partial charge >= 0.3 is 0 Å². The Hall–Kier alpha value is -2.05. The molecule has 0 fully saturated rings. The van der Waals surface area contributed by atoms with E-state index in [9.17, 15) is 4.79 Å². The molecular weight excluding hydrogens is 385 g/mol. The second kappa shape index (κ2) is 7.17. The van der Waals surface area contributed by atoms with Crippen molar-refractivity contribution in [3.05, 3.63) is 69.3 Å². The van der Waals surface area contributed by atoms with Gasteiger partial charge in [-0.1, -0.05) is 35.3 Å². The maximum absolute atomic E-state index is 11.1. The summed E-state index contributed by atoms with van der Waals surface area (Å²) in [6.07, 6.45) is 0.863. The van der Waals surface area contributed by atoms with Crippen molar-refractivity contribution in [2.45, 2.75) is 18.7 Å². The number of hydrogen-bond donors (Lipinski definition) is 2. The van der Waals surface area contributed by atoms with E-state index in [1.807, 2.05) is 24.3 Å². The highest BCUT2D eigenvalue weighted by Crippen LogP contribution is 2.31. The molecule has 1 unspecified atom stereocenters. The van der Waals surface area contributed by atoms with E-state index >= 15 is 0 Å². The number of ether oxygens (including phenoxy) is 1. The first-order valence-corrected chi connectivity index (χ1v) is 9.42. The fourth-order valence-electron chi connectivity index (χ4n) is 3.77. The molecule has 0 spiro atoms. The first kappa shape index (κ1) is 18.3. The van der Waals surface area contributed by atoms with Gasteiger partial charge in [0.25, 0.3) is 6.47 Å². The molecule has 3 aromatic rings. The third-order valence-electron chi connectivity index (χ3n) is 5.05. The zero-order valence-electron chi connectivity index (χ0n) is 14.5. The van der Waals surface area contributed by atoms with Crippen LogP contribution in [0.15, 0.2) is 42.5 Å². The summed E-state index contributed by atoms with van der Waals surface area (Å²) >= 11 is 12.2. The average molecular weight is 404 g/mol. The van der Waals surface area contributed by atoms with E-state index < -0.39 is 5.72 Å². The number of carbonyl (C=O) groups is 1. The van der Waals surface area contributed by atoms with Crippen LogP contribution in [0.1, 0.15) is 16.8 Å². The van der Waals surface area contributed by atoms with Gasteiger partial charge < -0.3 is 9.72 Å². The summed E-state index contributed by atoms with van der Waals surface area (Å²) in [5.41, 5.74) is 9.36. The Morgan fingerprint density at radius 1 is 1.22 bits per heavy atom. The van der Waals surface area contributed by atoms with Crippen LogP contribution in [0, 0.1) is 0 Å². The minimum Gasteiger partial charge on any atom is -0.441 e. The maximum Gasteiger partial charge on any atom is 0.295 e. The van der Waals surface area contributed by atoms with Crippen molar-refractivity contribution in [2.24, 2.45) is 5.73 Å². The molecule has 1 atom stereocenters. The quantitative estimate of drug-likeness (QED) is 0.501. The number of nitrogens with zero attached hydrogens (tertiary/aromatic N) is 1. The number of aromatic nitrogens is 1. The largest absolute Gasteiger partial charge is 0.441 e. The highest BCUT2D eigenvalue weighted by atomic mass is 35.5. The average Bonchev–Trinajstić information content (AvgIpc) is 2.99. The predicted octanol–water partition coefficient (Wildman–Crippen LogP) is 3.82. The first-order valence-electron chi connectivity index (χ1n) is 8.66. The highest BCUT2D eigenvalue weighted by Gasteiger charge is 2.34. The molecule has 27 heavy (non-hydrogen) atoms. The number of H-pyrrole nitrogens is 1. The summed E-state index contributed by atoms with van der Waals surface area (Å²) < 4.78 is 5.31. The van der Waals surface area contributed by atoms with Gasteiger partial charge in [-0.3, -0.25) is 15.4 Å². The van der Waals surface area contributed by atoms with E-state index in [1.54, 1.807) is 18.2 Å². The normalized spacial score (nSPS) is 16.7. The van der Waals surface area contributed by atoms with E-state index in [4.69, 9.17) is 33.7 Å². The number of carbonyl (C=O) groups excluding carboxylic acids is 1. The van der Waals surface area contributed by atoms with Crippen LogP contribution in [0.2, 0.25) is 10.0 Å². The monoisotopic (exact) mass is 403 g/mol. The smallest absolute Gasteiger partial charge is 0.295 e. The summed E-state index contributed by atoms with van der Waals surface area (Å²) in [6, 6.07) is 13.0. The molecule has 0 aliphatic carbocycles. The first-order chi connectivity index (χ1) is 13.0. The van der Waals surface area contributed by atoms with Crippen molar-refractivity contribution in [1.29, 1.82) is 0 Å². The summed E-state index contributed by atoms with van der Waals surface area (Å²) in [5, 5.41) is 2.44. The molecule has 2 aromatic carbocycles. The van der Waals surface area contributed by atoms with Gasteiger partial charge in [0.1, 0.15) is 0 Å². The Kier molecular flexibility index (Phi) is 4.86. The number of benzene rings is 2. The molecule has 0 bridgehead atoms. The van der Waals surface area contributed by atoms with Crippen LogP contribution in [-0.4, -0.2) is 29.4 Å². The molecule has 0 radical (unpaired) electrons. The number of hydrogen-bond acceptors (Lipinski definition) is 4. The molecule has 2 heterocycles. The van der Waals surface area contributed by atoms with Crippen molar-refractivity contribution in [3.63, 3.8) is 0 Å². The molecule has 0 amide bonds. The lowest BCUT2D eigenvalue weighted by molar-refractivity contribution is -0.147. The molecule has 140 valence electrons. The van der Waals surface area contributed by atoms with E-state index in [2.05, 4.69) is 9.88 Å². The Morgan fingerprint density at radius 2 is 2.04 bits per heavy atom. The number of nitrogens with two attached hydrogens (primary N) is 1. The Balaban J connectivity index is 1.61. The molecule has 0 saturated carbocycles. The molecule has 7 heteroatoms.